The number of azo groups is 1. The van der Waals surface area contributed by atoms with Crippen molar-refractivity contribution in [2.75, 3.05) is 45.8 Å². The van der Waals surface area contributed by atoms with Crippen molar-refractivity contribution in [3.05, 3.63) is 35.4 Å². The minimum absolute atomic E-state index is 0.131. The zero-order valence-electron chi connectivity index (χ0n) is 17.5. The Kier molecular flexibility index (Phi) is 8.11. The molecule has 2 heterocycles. The lowest BCUT2D eigenvalue weighted by molar-refractivity contribution is -0.138. The molecule has 0 radical (unpaired) electrons. The van der Waals surface area contributed by atoms with Gasteiger partial charge >= 0.3 is 5.97 Å². The molecule has 0 amide bonds. The van der Waals surface area contributed by atoms with Gasteiger partial charge in [0.1, 0.15) is 0 Å². The Morgan fingerprint density at radius 1 is 1.17 bits per heavy atom. The van der Waals surface area contributed by atoms with E-state index in [0.29, 0.717) is 12.5 Å². The Hall–Kier alpha value is -1.87. The number of hydrogen-bond donors (Lipinski definition) is 2. The largest absolute Gasteiger partial charge is 0.480 e. The van der Waals surface area contributed by atoms with Gasteiger partial charge in [0, 0.05) is 32.7 Å². The Bertz CT molecular complexity index is 671. The van der Waals surface area contributed by atoms with E-state index in [-0.39, 0.29) is 18.7 Å². The highest BCUT2D eigenvalue weighted by atomic mass is 16.7. The normalized spacial score (nSPS) is 24.0. The summed E-state index contributed by atoms with van der Waals surface area (Å²) in [5, 5.41) is 17.4. The quantitative estimate of drug-likeness (QED) is 0.615. The van der Waals surface area contributed by atoms with Crippen LogP contribution in [0, 0.1) is 5.92 Å². The topological polar surface area (TPSA) is 89.8 Å². The molecular formula is C21H33N5O3. The van der Waals surface area contributed by atoms with E-state index >= 15 is 0 Å². The van der Waals surface area contributed by atoms with E-state index in [2.05, 4.69) is 58.7 Å². The highest BCUT2D eigenvalue weighted by Gasteiger charge is 2.29. The van der Waals surface area contributed by atoms with Gasteiger partial charge in [-0.05, 0) is 23.5 Å². The number of carboxylic acid groups (broad SMARTS) is 1. The number of aliphatic carboxylic acids is 1. The molecule has 2 unspecified atom stereocenters. The second kappa shape index (κ2) is 10.8. The Balaban J connectivity index is 1.40. The van der Waals surface area contributed by atoms with Crippen LogP contribution >= 0.6 is 0 Å². The molecule has 2 aliphatic heterocycles. The summed E-state index contributed by atoms with van der Waals surface area (Å²) >= 11 is 0. The molecule has 2 atom stereocenters. The smallest absolute Gasteiger partial charge is 0.317 e. The average Bonchev–Trinajstić information content (AvgIpc) is 3.15. The van der Waals surface area contributed by atoms with Crippen LogP contribution in [0.25, 0.3) is 0 Å². The Morgan fingerprint density at radius 3 is 2.52 bits per heavy atom. The number of carboxylic acids is 1. The molecule has 8 nitrogen and oxygen atoms in total. The molecule has 2 N–H and O–H groups in total. The summed E-state index contributed by atoms with van der Waals surface area (Å²) in [5.41, 5.74) is 5.56. The van der Waals surface area contributed by atoms with Gasteiger partial charge in [0.15, 0.2) is 0 Å². The number of hydrogen-bond acceptors (Lipinski definition) is 7. The fraction of sp³-hybridized carbons (Fsp3) is 0.667. The van der Waals surface area contributed by atoms with Gasteiger partial charge in [-0.3, -0.25) is 19.4 Å². The number of carbonyl (C=O) groups is 1. The standard InChI is InChI=1S/C21H33N5O3/c1-16(2)12-22-23-13-17-3-5-18(6-4-17)20-11-19(29-24-20)14-25-7-9-26(10-8-25)15-21(27)28/h3-6,16,19-20,24H,7-15H2,1-2H3,(H,27,28). The maximum absolute atomic E-state index is 10.8. The highest BCUT2D eigenvalue weighted by molar-refractivity contribution is 5.69. The van der Waals surface area contributed by atoms with Crippen LogP contribution in [-0.4, -0.2) is 72.8 Å². The van der Waals surface area contributed by atoms with E-state index in [1.165, 1.54) is 5.56 Å². The van der Waals surface area contributed by atoms with Crippen LogP contribution in [0.5, 0.6) is 0 Å². The third-order valence-corrected chi connectivity index (χ3v) is 5.34. The van der Waals surface area contributed by atoms with Crippen molar-refractivity contribution in [1.29, 1.82) is 0 Å². The van der Waals surface area contributed by atoms with Crippen molar-refractivity contribution in [2.45, 2.75) is 39.0 Å². The van der Waals surface area contributed by atoms with Crippen LogP contribution in [0.15, 0.2) is 34.5 Å². The second-order valence-corrected chi connectivity index (χ2v) is 8.38. The first-order valence-corrected chi connectivity index (χ1v) is 10.5. The van der Waals surface area contributed by atoms with E-state index in [1.807, 2.05) is 4.90 Å². The summed E-state index contributed by atoms with van der Waals surface area (Å²) in [6.45, 7) is 10.0. The molecular weight excluding hydrogens is 370 g/mol. The first-order valence-electron chi connectivity index (χ1n) is 10.5. The lowest BCUT2D eigenvalue weighted by Crippen LogP contribution is -2.49. The zero-order valence-corrected chi connectivity index (χ0v) is 17.5. The van der Waals surface area contributed by atoms with Gasteiger partial charge in [-0.2, -0.15) is 15.7 Å². The summed E-state index contributed by atoms with van der Waals surface area (Å²) in [6, 6.07) is 8.70. The number of hydroxylamine groups is 1. The molecule has 0 aromatic heterocycles. The molecule has 3 rings (SSSR count). The maximum Gasteiger partial charge on any atom is 0.317 e. The van der Waals surface area contributed by atoms with E-state index in [9.17, 15) is 4.79 Å². The van der Waals surface area contributed by atoms with E-state index in [4.69, 9.17) is 9.94 Å². The summed E-state index contributed by atoms with van der Waals surface area (Å²) < 4.78 is 0. The second-order valence-electron chi connectivity index (χ2n) is 8.38. The van der Waals surface area contributed by atoms with Crippen LogP contribution in [0.3, 0.4) is 0 Å². The fourth-order valence-electron chi connectivity index (χ4n) is 3.67. The highest BCUT2D eigenvalue weighted by Crippen LogP contribution is 2.26. The van der Waals surface area contributed by atoms with Crippen LogP contribution in [0.2, 0.25) is 0 Å². The summed E-state index contributed by atoms with van der Waals surface area (Å²) in [6.07, 6.45) is 1.08. The van der Waals surface area contributed by atoms with Gasteiger partial charge in [0.05, 0.1) is 31.8 Å². The van der Waals surface area contributed by atoms with Gasteiger partial charge in [0.2, 0.25) is 0 Å². The van der Waals surface area contributed by atoms with Crippen molar-refractivity contribution < 1.29 is 14.7 Å². The Morgan fingerprint density at radius 2 is 1.86 bits per heavy atom. The van der Waals surface area contributed by atoms with E-state index < -0.39 is 5.97 Å². The maximum atomic E-state index is 10.8. The predicted octanol–water partition coefficient (Wildman–Crippen LogP) is 2.33. The average molecular weight is 404 g/mol. The third-order valence-electron chi connectivity index (χ3n) is 5.34. The van der Waals surface area contributed by atoms with Crippen molar-refractivity contribution in [2.24, 2.45) is 16.1 Å². The number of nitrogens with one attached hydrogen (secondary N) is 1. The molecule has 1 aromatic rings. The molecule has 1 aromatic carbocycles. The van der Waals surface area contributed by atoms with Gasteiger partial charge in [0.25, 0.3) is 0 Å². The minimum atomic E-state index is -0.755. The van der Waals surface area contributed by atoms with E-state index in [1.54, 1.807) is 0 Å². The number of piperazine rings is 1. The van der Waals surface area contributed by atoms with Crippen molar-refractivity contribution in [1.82, 2.24) is 15.3 Å². The SMILES string of the molecule is CC(C)CN=NCc1ccc(C2CC(CN3CCN(CC(=O)O)CC3)ON2)cc1. The molecule has 2 aliphatic rings. The molecule has 0 spiro atoms. The molecule has 0 saturated carbocycles. The van der Waals surface area contributed by atoms with Gasteiger partial charge in [-0.1, -0.05) is 38.1 Å². The van der Waals surface area contributed by atoms with Crippen LogP contribution in [-0.2, 0) is 16.2 Å². The van der Waals surface area contributed by atoms with Gasteiger partial charge < -0.3 is 5.11 Å². The number of rotatable bonds is 9. The first kappa shape index (κ1) is 21.8. The van der Waals surface area contributed by atoms with Crippen molar-refractivity contribution in [3.8, 4) is 0 Å². The summed E-state index contributed by atoms with van der Waals surface area (Å²) in [5.74, 6) is -0.217. The van der Waals surface area contributed by atoms with Crippen LogP contribution in [0.1, 0.15) is 37.4 Å². The predicted molar refractivity (Wildman–Crippen MR) is 111 cm³/mol. The van der Waals surface area contributed by atoms with Gasteiger partial charge in [-0.15, -0.1) is 0 Å². The molecule has 29 heavy (non-hydrogen) atoms. The van der Waals surface area contributed by atoms with Crippen LogP contribution in [0.4, 0.5) is 0 Å². The lowest BCUT2D eigenvalue weighted by Gasteiger charge is -2.34. The molecule has 2 saturated heterocycles. The monoisotopic (exact) mass is 403 g/mol. The summed E-state index contributed by atoms with van der Waals surface area (Å²) in [7, 11) is 0. The number of nitrogens with zero attached hydrogens (tertiary/aromatic N) is 4. The molecule has 0 aliphatic carbocycles. The van der Waals surface area contributed by atoms with Gasteiger partial charge in [-0.25, -0.2) is 0 Å². The molecule has 0 bridgehead atoms. The van der Waals surface area contributed by atoms with Crippen molar-refractivity contribution >= 4 is 5.97 Å². The van der Waals surface area contributed by atoms with Crippen LogP contribution < -0.4 is 5.48 Å². The lowest BCUT2D eigenvalue weighted by atomic mass is 10.0. The Labute approximate surface area is 172 Å². The molecule has 2 fully saturated rings. The minimum Gasteiger partial charge on any atom is -0.480 e. The summed E-state index contributed by atoms with van der Waals surface area (Å²) in [4.78, 5) is 21.0. The molecule has 160 valence electrons. The first-order chi connectivity index (χ1) is 14.0. The third kappa shape index (κ3) is 7.15. The molecule has 8 heteroatoms. The zero-order chi connectivity index (χ0) is 20.6. The fourth-order valence-corrected chi connectivity index (χ4v) is 3.67. The number of benzene rings is 1. The van der Waals surface area contributed by atoms with Crippen molar-refractivity contribution in [3.63, 3.8) is 0 Å². The van der Waals surface area contributed by atoms with E-state index in [0.717, 1.165) is 51.3 Å².